The van der Waals surface area contributed by atoms with E-state index in [9.17, 15) is 0 Å². The molecule has 3 heterocycles. The van der Waals surface area contributed by atoms with Crippen LogP contribution in [-0.4, -0.2) is 22.2 Å². The van der Waals surface area contributed by atoms with E-state index in [-0.39, 0.29) is 0 Å². The Morgan fingerprint density at radius 1 is 1.24 bits per heavy atom. The average Bonchev–Trinajstić information content (AvgIpc) is 3.18. The number of benzene rings is 1. The zero-order chi connectivity index (χ0) is 14.4. The van der Waals surface area contributed by atoms with Crippen LogP contribution in [0.15, 0.2) is 22.7 Å². The standard InChI is InChI=1S/C15H15Cl2N3O/c16-11-2-1-3-12(17)9(11)7-14-19-15(21-20-14)10-6-8-4-5-13(10)18-8/h1-3,8,10,13,18H,4-7H2. The van der Waals surface area contributed by atoms with Gasteiger partial charge in [0, 0.05) is 28.5 Å². The maximum atomic E-state index is 6.18. The minimum atomic E-state index is 0.353. The van der Waals surface area contributed by atoms with E-state index in [0.717, 1.165) is 17.9 Å². The first-order chi connectivity index (χ1) is 10.2. The van der Waals surface area contributed by atoms with Crippen molar-refractivity contribution in [3.63, 3.8) is 0 Å². The second kappa shape index (κ2) is 5.27. The van der Waals surface area contributed by atoms with E-state index in [1.807, 2.05) is 18.2 Å². The lowest BCUT2D eigenvalue weighted by Gasteiger charge is -2.15. The molecular weight excluding hydrogens is 309 g/mol. The number of fused-ring (bicyclic) bond motifs is 2. The first-order valence-electron chi connectivity index (χ1n) is 7.22. The summed E-state index contributed by atoms with van der Waals surface area (Å²) in [4.78, 5) is 4.55. The lowest BCUT2D eigenvalue weighted by molar-refractivity contribution is 0.327. The molecule has 6 heteroatoms. The van der Waals surface area contributed by atoms with Gasteiger partial charge in [-0.05, 0) is 37.0 Å². The average molecular weight is 324 g/mol. The van der Waals surface area contributed by atoms with Gasteiger partial charge in [0.2, 0.25) is 5.89 Å². The molecule has 3 unspecified atom stereocenters. The molecule has 1 N–H and O–H groups in total. The lowest BCUT2D eigenvalue weighted by Crippen LogP contribution is -2.21. The summed E-state index contributed by atoms with van der Waals surface area (Å²) in [5.74, 6) is 1.74. The van der Waals surface area contributed by atoms with Crippen LogP contribution in [0.5, 0.6) is 0 Å². The van der Waals surface area contributed by atoms with Gasteiger partial charge in [0.05, 0.1) is 5.92 Å². The highest BCUT2D eigenvalue weighted by atomic mass is 35.5. The summed E-state index contributed by atoms with van der Waals surface area (Å²) < 4.78 is 5.47. The largest absolute Gasteiger partial charge is 0.339 e. The van der Waals surface area contributed by atoms with Crippen LogP contribution in [0, 0.1) is 0 Å². The van der Waals surface area contributed by atoms with E-state index < -0.39 is 0 Å². The zero-order valence-electron chi connectivity index (χ0n) is 11.4. The minimum absolute atomic E-state index is 0.353. The van der Waals surface area contributed by atoms with Crippen molar-refractivity contribution in [3.8, 4) is 0 Å². The van der Waals surface area contributed by atoms with Gasteiger partial charge in [-0.1, -0.05) is 34.4 Å². The van der Waals surface area contributed by atoms with E-state index in [0.29, 0.717) is 40.3 Å². The molecule has 3 atom stereocenters. The predicted molar refractivity (Wildman–Crippen MR) is 80.9 cm³/mol. The van der Waals surface area contributed by atoms with Crippen molar-refractivity contribution < 1.29 is 4.52 Å². The maximum absolute atomic E-state index is 6.18. The molecule has 4 rings (SSSR count). The molecule has 0 saturated carbocycles. The monoisotopic (exact) mass is 323 g/mol. The number of hydrogen-bond donors (Lipinski definition) is 1. The molecule has 2 aliphatic rings. The van der Waals surface area contributed by atoms with Crippen molar-refractivity contribution in [1.82, 2.24) is 15.5 Å². The van der Waals surface area contributed by atoms with E-state index in [2.05, 4.69) is 15.5 Å². The molecule has 21 heavy (non-hydrogen) atoms. The molecule has 1 aromatic carbocycles. The number of hydrogen-bond acceptors (Lipinski definition) is 4. The third kappa shape index (κ3) is 2.45. The molecule has 2 fully saturated rings. The Kier molecular flexibility index (Phi) is 3.40. The summed E-state index contributed by atoms with van der Waals surface area (Å²) >= 11 is 12.4. The van der Waals surface area contributed by atoms with Crippen LogP contribution in [0.4, 0.5) is 0 Å². The molecule has 110 valence electrons. The fourth-order valence-corrected chi connectivity index (χ4v) is 3.98. The summed E-state index contributed by atoms with van der Waals surface area (Å²) in [6, 6.07) is 6.59. The fourth-order valence-electron chi connectivity index (χ4n) is 3.45. The molecule has 0 aliphatic carbocycles. The number of nitrogens with zero attached hydrogens (tertiary/aromatic N) is 2. The number of rotatable bonds is 3. The van der Waals surface area contributed by atoms with Gasteiger partial charge in [-0.15, -0.1) is 0 Å². The molecule has 2 aliphatic heterocycles. The first-order valence-corrected chi connectivity index (χ1v) is 7.97. The highest BCUT2D eigenvalue weighted by Crippen LogP contribution is 2.39. The van der Waals surface area contributed by atoms with Crippen LogP contribution in [0.2, 0.25) is 10.0 Å². The Balaban J connectivity index is 1.55. The summed E-state index contributed by atoms with van der Waals surface area (Å²) in [6.07, 6.45) is 4.05. The van der Waals surface area contributed by atoms with E-state index >= 15 is 0 Å². The second-order valence-corrected chi connectivity index (χ2v) is 6.63. The van der Waals surface area contributed by atoms with Crippen molar-refractivity contribution in [3.05, 3.63) is 45.5 Å². The van der Waals surface area contributed by atoms with Crippen molar-refractivity contribution in [1.29, 1.82) is 0 Å². The Hall–Kier alpha value is -1.10. The minimum Gasteiger partial charge on any atom is -0.339 e. The molecule has 0 radical (unpaired) electrons. The topological polar surface area (TPSA) is 51.0 Å². The fraction of sp³-hybridized carbons (Fsp3) is 0.467. The highest BCUT2D eigenvalue weighted by molar-refractivity contribution is 6.36. The Morgan fingerprint density at radius 3 is 2.71 bits per heavy atom. The summed E-state index contributed by atoms with van der Waals surface area (Å²) in [6.45, 7) is 0. The molecule has 4 nitrogen and oxygen atoms in total. The zero-order valence-corrected chi connectivity index (χ0v) is 12.9. The van der Waals surface area contributed by atoms with Gasteiger partial charge in [0.15, 0.2) is 5.82 Å². The van der Waals surface area contributed by atoms with Crippen LogP contribution >= 0.6 is 23.2 Å². The van der Waals surface area contributed by atoms with Crippen molar-refractivity contribution in [2.24, 2.45) is 0 Å². The molecule has 2 aromatic rings. The molecule has 2 bridgehead atoms. The van der Waals surface area contributed by atoms with Gasteiger partial charge in [-0.2, -0.15) is 4.98 Å². The van der Waals surface area contributed by atoms with Crippen molar-refractivity contribution >= 4 is 23.2 Å². The second-order valence-electron chi connectivity index (χ2n) is 5.82. The van der Waals surface area contributed by atoms with Gasteiger partial charge in [-0.25, -0.2) is 0 Å². The predicted octanol–water partition coefficient (Wildman–Crippen LogP) is 3.58. The number of halogens is 2. The third-order valence-corrected chi connectivity index (χ3v) is 5.21. The molecule has 1 aromatic heterocycles. The maximum Gasteiger partial charge on any atom is 0.231 e. The quantitative estimate of drug-likeness (QED) is 0.938. The van der Waals surface area contributed by atoms with E-state index in [4.69, 9.17) is 27.7 Å². The first kappa shape index (κ1) is 13.6. The Morgan fingerprint density at radius 2 is 2.05 bits per heavy atom. The third-order valence-electron chi connectivity index (χ3n) is 4.50. The van der Waals surface area contributed by atoms with E-state index in [1.165, 1.54) is 12.8 Å². The van der Waals surface area contributed by atoms with Crippen LogP contribution in [0.3, 0.4) is 0 Å². The van der Waals surface area contributed by atoms with Gasteiger partial charge >= 0.3 is 0 Å². The normalized spacial score (nSPS) is 27.4. The van der Waals surface area contributed by atoms with Crippen molar-refractivity contribution in [2.75, 3.05) is 0 Å². The number of aromatic nitrogens is 2. The van der Waals surface area contributed by atoms with Gasteiger partial charge in [0.25, 0.3) is 0 Å². The van der Waals surface area contributed by atoms with Gasteiger partial charge in [0.1, 0.15) is 0 Å². The smallest absolute Gasteiger partial charge is 0.231 e. The van der Waals surface area contributed by atoms with Crippen LogP contribution in [-0.2, 0) is 6.42 Å². The number of nitrogens with one attached hydrogen (secondary N) is 1. The lowest BCUT2D eigenvalue weighted by atomic mass is 9.89. The molecule has 0 spiro atoms. The van der Waals surface area contributed by atoms with Crippen LogP contribution in [0.25, 0.3) is 0 Å². The van der Waals surface area contributed by atoms with Gasteiger partial charge < -0.3 is 9.84 Å². The van der Waals surface area contributed by atoms with E-state index in [1.54, 1.807) is 0 Å². The molecular formula is C15H15Cl2N3O. The Labute approximate surface area is 132 Å². The Bertz CT molecular complexity index is 652. The van der Waals surface area contributed by atoms with Gasteiger partial charge in [-0.3, -0.25) is 0 Å². The highest BCUT2D eigenvalue weighted by Gasteiger charge is 2.42. The van der Waals surface area contributed by atoms with Crippen molar-refractivity contribution in [2.45, 2.75) is 43.7 Å². The molecule has 2 saturated heterocycles. The molecule has 0 amide bonds. The summed E-state index contributed by atoms with van der Waals surface area (Å²) in [5.41, 5.74) is 0.847. The van der Waals surface area contributed by atoms with Crippen LogP contribution < -0.4 is 5.32 Å². The summed E-state index contributed by atoms with van der Waals surface area (Å²) in [5, 5.41) is 8.94. The van der Waals surface area contributed by atoms with Crippen LogP contribution in [0.1, 0.15) is 42.5 Å². The summed E-state index contributed by atoms with van der Waals surface area (Å²) in [7, 11) is 0. The SMILES string of the molecule is Clc1cccc(Cl)c1Cc1noc(C2CC3CCC2N3)n1.